The van der Waals surface area contributed by atoms with Gasteiger partial charge in [0.2, 0.25) is 0 Å². The van der Waals surface area contributed by atoms with Crippen molar-refractivity contribution in [3.8, 4) is 0 Å². The van der Waals surface area contributed by atoms with Gasteiger partial charge in [-0.05, 0) is 0 Å². The largest absolute Gasteiger partial charge is 0.481 e. The van der Waals surface area contributed by atoms with E-state index in [4.69, 9.17) is 19.8 Å². The molecule has 0 aliphatic heterocycles. The van der Waals surface area contributed by atoms with Gasteiger partial charge < -0.3 is 15.9 Å². The van der Waals surface area contributed by atoms with Gasteiger partial charge in [-0.3, -0.25) is 4.79 Å². The van der Waals surface area contributed by atoms with Crippen LogP contribution in [-0.4, -0.2) is 22.3 Å². The first-order valence-corrected chi connectivity index (χ1v) is 1.64. The molecule has 0 saturated heterocycles. The van der Waals surface area contributed by atoms with Crippen LogP contribution in [0.4, 0.5) is 4.79 Å². The Labute approximate surface area is 45.7 Å². The predicted octanol–water partition coefficient (Wildman–Crippen LogP) is -0.286. The number of primary amides is 1. The molecule has 0 aromatic carbocycles. The molecule has 0 spiro atoms. The average molecular weight is 121 g/mol. The summed E-state index contributed by atoms with van der Waals surface area (Å²) < 4.78 is 0. The fourth-order valence-corrected chi connectivity index (χ4v) is 0. The lowest BCUT2D eigenvalue weighted by molar-refractivity contribution is -0.134. The summed E-state index contributed by atoms with van der Waals surface area (Å²) in [4.78, 5) is 17.8. The standard InChI is InChI=1S/C2H4O2.CH3NO2/c1-2(3)4;2-1(3)4/h1H3,(H,3,4);2H2,(H,3,4). The van der Waals surface area contributed by atoms with Crippen molar-refractivity contribution in [3.05, 3.63) is 0 Å². The third kappa shape index (κ3) is 41.8. The topological polar surface area (TPSA) is 101 Å². The maximum absolute atomic E-state index is 9.00. The highest BCUT2D eigenvalue weighted by Gasteiger charge is 1.65. The first-order valence-electron chi connectivity index (χ1n) is 1.64. The zero-order chi connectivity index (χ0) is 7.15. The SMILES string of the molecule is CC(=O)O.NC(=O)O. The Morgan fingerprint density at radius 2 is 1.38 bits per heavy atom. The van der Waals surface area contributed by atoms with Gasteiger partial charge >= 0.3 is 6.09 Å². The molecule has 4 N–H and O–H groups in total. The van der Waals surface area contributed by atoms with Crippen LogP contribution in [0.1, 0.15) is 6.92 Å². The Hall–Kier alpha value is -1.26. The molecule has 0 rings (SSSR count). The van der Waals surface area contributed by atoms with Crippen LogP contribution in [-0.2, 0) is 4.79 Å². The van der Waals surface area contributed by atoms with E-state index in [0.29, 0.717) is 0 Å². The van der Waals surface area contributed by atoms with Gasteiger partial charge in [0.25, 0.3) is 5.97 Å². The maximum atomic E-state index is 9.00. The summed E-state index contributed by atoms with van der Waals surface area (Å²) in [6, 6.07) is 0. The van der Waals surface area contributed by atoms with E-state index in [1.807, 2.05) is 0 Å². The fourth-order valence-electron chi connectivity index (χ4n) is 0. The molecular weight excluding hydrogens is 114 g/mol. The third-order valence-corrected chi connectivity index (χ3v) is 0. The molecule has 1 amide bonds. The number of hydrogen-bond acceptors (Lipinski definition) is 2. The van der Waals surface area contributed by atoms with Gasteiger partial charge in [-0.2, -0.15) is 0 Å². The lowest BCUT2D eigenvalue weighted by atomic mass is 10.9. The van der Waals surface area contributed by atoms with E-state index in [1.165, 1.54) is 0 Å². The number of carboxylic acid groups (broad SMARTS) is 2. The summed E-state index contributed by atoms with van der Waals surface area (Å²) in [5, 5.41) is 14.6. The second-order valence-corrected chi connectivity index (χ2v) is 0.857. The molecule has 5 nitrogen and oxygen atoms in total. The van der Waals surface area contributed by atoms with Crippen molar-refractivity contribution >= 4 is 12.1 Å². The number of carboxylic acids is 1. The number of nitrogens with two attached hydrogens (primary N) is 1. The molecule has 0 radical (unpaired) electrons. The van der Waals surface area contributed by atoms with E-state index < -0.39 is 12.1 Å². The van der Waals surface area contributed by atoms with Gasteiger partial charge in [0.15, 0.2) is 0 Å². The van der Waals surface area contributed by atoms with Crippen molar-refractivity contribution in [2.45, 2.75) is 6.92 Å². The molecule has 0 saturated carbocycles. The van der Waals surface area contributed by atoms with E-state index in [9.17, 15) is 0 Å². The van der Waals surface area contributed by atoms with Gasteiger partial charge in [0, 0.05) is 6.92 Å². The van der Waals surface area contributed by atoms with E-state index in [-0.39, 0.29) is 0 Å². The molecular formula is C3H7NO4. The Balaban J connectivity index is 0. The van der Waals surface area contributed by atoms with Crippen LogP contribution in [0.5, 0.6) is 0 Å². The van der Waals surface area contributed by atoms with Crippen LogP contribution >= 0.6 is 0 Å². The van der Waals surface area contributed by atoms with Gasteiger partial charge in [-0.1, -0.05) is 0 Å². The molecule has 0 aliphatic carbocycles. The minimum Gasteiger partial charge on any atom is -0.481 e. The number of carbonyl (C=O) groups is 2. The van der Waals surface area contributed by atoms with Crippen LogP contribution in [0.3, 0.4) is 0 Å². The van der Waals surface area contributed by atoms with E-state index in [2.05, 4.69) is 5.73 Å². The van der Waals surface area contributed by atoms with E-state index in [1.54, 1.807) is 0 Å². The molecule has 5 heteroatoms. The highest BCUT2D eigenvalue weighted by molar-refractivity contribution is 5.63. The van der Waals surface area contributed by atoms with E-state index in [0.717, 1.165) is 6.92 Å². The summed E-state index contributed by atoms with van der Waals surface area (Å²) in [5.74, 6) is -0.833. The zero-order valence-electron chi connectivity index (χ0n) is 4.29. The Kier molecular flexibility index (Phi) is 7.09. The van der Waals surface area contributed by atoms with Crippen LogP contribution in [0.15, 0.2) is 0 Å². The lowest BCUT2D eigenvalue weighted by Crippen LogP contribution is -2.03. The van der Waals surface area contributed by atoms with Crippen LogP contribution < -0.4 is 5.73 Å². The summed E-state index contributed by atoms with van der Waals surface area (Å²) in [7, 11) is 0. The highest BCUT2D eigenvalue weighted by atomic mass is 16.4. The quantitative estimate of drug-likeness (QED) is 0.410. The summed E-state index contributed by atoms with van der Waals surface area (Å²) >= 11 is 0. The molecule has 8 heavy (non-hydrogen) atoms. The highest BCUT2D eigenvalue weighted by Crippen LogP contribution is 1.42. The Bertz CT molecular complexity index is 69.3. The molecule has 0 heterocycles. The average Bonchev–Trinajstić information content (AvgIpc) is 1.25. The van der Waals surface area contributed by atoms with Crippen molar-refractivity contribution < 1.29 is 19.8 Å². The summed E-state index contributed by atoms with van der Waals surface area (Å²) in [6.07, 6.45) is -1.33. The normalized spacial score (nSPS) is 6.12. The number of hydrogen-bond donors (Lipinski definition) is 3. The predicted molar refractivity (Wildman–Crippen MR) is 25.5 cm³/mol. The van der Waals surface area contributed by atoms with Gasteiger partial charge in [-0.25, -0.2) is 4.79 Å². The van der Waals surface area contributed by atoms with Gasteiger partial charge in [-0.15, -0.1) is 0 Å². The van der Waals surface area contributed by atoms with Crippen molar-refractivity contribution in [3.63, 3.8) is 0 Å². The van der Waals surface area contributed by atoms with Gasteiger partial charge in [0.1, 0.15) is 0 Å². The third-order valence-electron chi connectivity index (χ3n) is 0. The second kappa shape index (κ2) is 5.74. The number of rotatable bonds is 0. The monoisotopic (exact) mass is 121 g/mol. The van der Waals surface area contributed by atoms with E-state index >= 15 is 0 Å². The molecule has 0 unspecified atom stereocenters. The number of aliphatic carboxylic acids is 1. The van der Waals surface area contributed by atoms with Crippen LogP contribution in [0.25, 0.3) is 0 Å². The smallest absolute Gasteiger partial charge is 0.402 e. The Morgan fingerprint density at radius 3 is 1.38 bits per heavy atom. The fraction of sp³-hybridized carbons (Fsp3) is 0.333. The summed E-state index contributed by atoms with van der Waals surface area (Å²) in [6.45, 7) is 1.08. The molecule has 0 fully saturated rings. The minimum atomic E-state index is -1.33. The first kappa shape index (κ1) is 9.88. The van der Waals surface area contributed by atoms with Crippen LogP contribution in [0.2, 0.25) is 0 Å². The molecule has 0 aromatic rings. The zero-order valence-corrected chi connectivity index (χ0v) is 4.29. The molecule has 0 aliphatic rings. The lowest BCUT2D eigenvalue weighted by Gasteiger charge is -1.61. The van der Waals surface area contributed by atoms with Crippen molar-refractivity contribution in [1.29, 1.82) is 0 Å². The molecule has 0 bridgehead atoms. The molecule has 0 aromatic heterocycles. The second-order valence-electron chi connectivity index (χ2n) is 0.857. The van der Waals surface area contributed by atoms with Crippen molar-refractivity contribution in [2.75, 3.05) is 0 Å². The van der Waals surface area contributed by atoms with Crippen LogP contribution in [0, 0.1) is 0 Å². The Morgan fingerprint density at radius 1 is 1.38 bits per heavy atom. The summed E-state index contributed by atoms with van der Waals surface area (Å²) in [5.41, 5.74) is 4.03. The first-order chi connectivity index (χ1) is 3.46. The molecule has 0 atom stereocenters. The maximum Gasteiger partial charge on any atom is 0.402 e. The van der Waals surface area contributed by atoms with Crippen molar-refractivity contribution in [2.24, 2.45) is 5.73 Å². The number of amides is 1. The van der Waals surface area contributed by atoms with Gasteiger partial charge in [0.05, 0.1) is 0 Å². The molecule has 48 valence electrons. The van der Waals surface area contributed by atoms with Crippen molar-refractivity contribution in [1.82, 2.24) is 0 Å². The minimum absolute atomic E-state index is 0.833.